The molecule has 9 heteroatoms. The molecule has 0 saturated heterocycles. The van der Waals surface area contributed by atoms with Crippen LogP contribution in [-0.4, -0.2) is 33.7 Å². The van der Waals surface area contributed by atoms with E-state index in [1.165, 1.54) is 22.6 Å². The third-order valence-electron chi connectivity index (χ3n) is 2.22. The highest BCUT2D eigenvalue weighted by atomic mass is 127. The molecule has 0 aliphatic rings. The molecule has 0 radical (unpaired) electrons. The van der Waals surface area contributed by atoms with E-state index in [9.17, 15) is 30.7 Å². The number of hydrogen-bond acceptors (Lipinski definition) is 1. The van der Waals surface area contributed by atoms with E-state index >= 15 is 0 Å². The van der Waals surface area contributed by atoms with Gasteiger partial charge >= 0.3 is 18.0 Å². The lowest BCUT2D eigenvalue weighted by atomic mass is 10.0. The molecule has 0 heterocycles. The highest BCUT2D eigenvalue weighted by Gasteiger charge is 2.72. The Balaban J connectivity index is 4.55. The summed E-state index contributed by atoms with van der Waals surface area (Å²) in [7, 11) is 0. The van der Waals surface area contributed by atoms with Crippen molar-refractivity contribution < 1.29 is 35.8 Å². The minimum atomic E-state index is -6.27. The molecule has 110 valence electrons. The first kappa shape index (κ1) is 18.2. The van der Waals surface area contributed by atoms with Crippen molar-refractivity contribution in [3.8, 4) is 0 Å². The van der Waals surface area contributed by atoms with E-state index in [2.05, 4.69) is 0 Å². The molecule has 0 aromatic rings. The first-order chi connectivity index (χ1) is 7.95. The largest absolute Gasteiger partial charge is 0.459 e. The molecular weight excluding hydrogens is 384 g/mol. The summed E-state index contributed by atoms with van der Waals surface area (Å²) in [6.07, 6.45) is -7.19. The maximum absolute atomic E-state index is 12.9. The normalized spacial score (nSPS) is 15.8. The van der Waals surface area contributed by atoms with E-state index < -0.39 is 28.4 Å². The minimum absolute atomic E-state index is 0.0463. The minimum Gasteiger partial charge on any atom is -0.396 e. The molecule has 1 atom stereocenters. The zero-order valence-corrected chi connectivity index (χ0v) is 11.2. The lowest BCUT2D eigenvalue weighted by molar-refractivity contribution is -0.355. The van der Waals surface area contributed by atoms with Gasteiger partial charge in [0.15, 0.2) is 0 Å². The van der Waals surface area contributed by atoms with Crippen molar-refractivity contribution in [1.29, 1.82) is 0 Å². The highest BCUT2D eigenvalue weighted by molar-refractivity contribution is 14.1. The molecule has 1 N–H and O–H groups in total. The summed E-state index contributed by atoms with van der Waals surface area (Å²) in [5.41, 5.74) is 0. The summed E-state index contributed by atoms with van der Waals surface area (Å²) in [6.45, 7) is -0.182. The fourth-order valence-electron chi connectivity index (χ4n) is 1.19. The van der Waals surface area contributed by atoms with E-state index in [0.29, 0.717) is 6.42 Å². The van der Waals surface area contributed by atoms with Gasteiger partial charge in [-0.15, -0.1) is 0 Å². The molecule has 1 nitrogen and oxygen atoms in total. The average Bonchev–Trinajstić information content (AvgIpc) is 2.15. The predicted octanol–water partition coefficient (Wildman–Crippen LogP) is 4.18. The molecule has 0 amide bonds. The van der Waals surface area contributed by atoms with Gasteiger partial charge in [0.25, 0.3) is 0 Å². The second kappa shape index (κ2) is 6.58. The molecule has 0 saturated carbocycles. The summed E-state index contributed by atoms with van der Waals surface area (Å²) in [6, 6.07) is 0. The maximum atomic E-state index is 12.9. The van der Waals surface area contributed by atoms with Gasteiger partial charge in [0.05, 0.1) is 0 Å². The predicted molar refractivity (Wildman–Crippen MR) is 59.3 cm³/mol. The number of halogens is 8. The number of alkyl halides is 8. The first-order valence-electron chi connectivity index (χ1n) is 5.03. The standard InChI is InChI=1S/C9H12F7IO/c10-7(11,8(12,13)9(14,15)16)5-6(17)3-1-2-4-18/h6,18H,1-5H2. The molecule has 0 bridgehead atoms. The molecule has 18 heavy (non-hydrogen) atoms. The Morgan fingerprint density at radius 1 is 0.944 bits per heavy atom. The third kappa shape index (κ3) is 4.71. The molecule has 1 unspecified atom stereocenters. The number of hydrogen-bond donors (Lipinski definition) is 1. The van der Waals surface area contributed by atoms with Crippen molar-refractivity contribution in [2.45, 2.75) is 47.6 Å². The van der Waals surface area contributed by atoms with Gasteiger partial charge in [0.1, 0.15) is 0 Å². The van der Waals surface area contributed by atoms with E-state index in [0.717, 1.165) is 0 Å². The zero-order chi connectivity index (χ0) is 14.6. The smallest absolute Gasteiger partial charge is 0.396 e. The molecule has 0 aromatic carbocycles. The van der Waals surface area contributed by atoms with Crippen molar-refractivity contribution >= 4 is 22.6 Å². The Bertz CT molecular complexity index is 254. The third-order valence-corrected chi connectivity index (χ3v) is 3.28. The maximum Gasteiger partial charge on any atom is 0.459 e. The monoisotopic (exact) mass is 396 g/mol. The summed E-state index contributed by atoms with van der Waals surface area (Å²) in [4.78, 5) is 0. The number of unbranched alkanes of at least 4 members (excludes halogenated alkanes) is 1. The fourth-order valence-corrected chi connectivity index (χ4v) is 2.19. The Morgan fingerprint density at radius 2 is 1.44 bits per heavy atom. The van der Waals surface area contributed by atoms with Crippen LogP contribution >= 0.6 is 22.6 Å². The van der Waals surface area contributed by atoms with E-state index in [1.807, 2.05) is 0 Å². The van der Waals surface area contributed by atoms with Gasteiger partial charge in [0.2, 0.25) is 0 Å². The summed E-state index contributed by atoms with van der Waals surface area (Å²) in [5, 5.41) is 8.43. The Kier molecular flexibility index (Phi) is 6.65. The van der Waals surface area contributed by atoms with E-state index in [-0.39, 0.29) is 19.4 Å². The van der Waals surface area contributed by atoms with Gasteiger partial charge in [-0.3, -0.25) is 0 Å². The van der Waals surface area contributed by atoms with Crippen LogP contribution in [0.15, 0.2) is 0 Å². The Morgan fingerprint density at radius 3 is 1.83 bits per heavy atom. The second-order valence-electron chi connectivity index (χ2n) is 3.80. The van der Waals surface area contributed by atoms with Crippen LogP contribution in [0.2, 0.25) is 0 Å². The van der Waals surface area contributed by atoms with Crippen LogP contribution in [0.25, 0.3) is 0 Å². The molecule has 0 fully saturated rings. The molecular formula is C9H12F7IO. The molecule has 0 rings (SSSR count). The lowest BCUT2D eigenvalue weighted by Crippen LogP contribution is -2.52. The van der Waals surface area contributed by atoms with Gasteiger partial charge in [-0.05, 0) is 12.8 Å². The van der Waals surface area contributed by atoms with Crippen molar-refractivity contribution in [2.75, 3.05) is 6.61 Å². The quantitative estimate of drug-likeness (QED) is 0.297. The Labute approximate surface area is 113 Å². The molecule has 0 aliphatic carbocycles. The first-order valence-corrected chi connectivity index (χ1v) is 6.27. The van der Waals surface area contributed by atoms with Crippen molar-refractivity contribution in [3.05, 3.63) is 0 Å². The Hall–Kier alpha value is 0.200. The SMILES string of the molecule is OCCCCC(I)CC(F)(F)C(F)(F)C(F)(F)F. The lowest BCUT2D eigenvalue weighted by Gasteiger charge is -2.29. The van der Waals surface area contributed by atoms with Crippen LogP contribution in [0.5, 0.6) is 0 Å². The summed E-state index contributed by atoms with van der Waals surface area (Å²) < 4.78 is 85.4. The average molecular weight is 396 g/mol. The number of aliphatic hydroxyl groups excluding tert-OH is 1. The highest BCUT2D eigenvalue weighted by Crippen LogP contribution is 2.49. The van der Waals surface area contributed by atoms with Gasteiger partial charge in [-0.25, -0.2) is 0 Å². The van der Waals surface area contributed by atoms with Crippen LogP contribution in [-0.2, 0) is 0 Å². The fraction of sp³-hybridized carbons (Fsp3) is 1.00. The molecule has 0 aromatic heterocycles. The molecule has 0 aliphatic heterocycles. The van der Waals surface area contributed by atoms with Gasteiger partial charge in [-0.1, -0.05) is 29.0 Å². The number of aliphatic hydroxyl groups is 1. The van der Waals surface area contributed by atoms with E-state index in [1.54, 1.807) is 0 Å². The van der Waals surface area contributed by atoms with Crippen molar-refractivity contribution in [3.63, 3.8) is 0 Å². The van der Waals surface area contributed by atoms with E-state index in [4.69, 9.17) is 5.11 Å². The summed E-state index contributed by atoms with van der Waals surface area (Å²) in [5.74, 6) is -11.2. The van der Waals surface area contributed by atoms with Crippen molar-refractivity contribution in [1.82, 2.24) is 0 Å². The molecule has 0 spiro atoms. The van der Waals surface area contributed by atoms with Crippen LogP contribution in [0.4, 0.5) is 30.7 Å². The van der Waals surface area contributed by atoms with Crippen LogP contribution in [0, 0.1) is 0 Å². The number of rotatable bonds is 7. The van der Waals surface area contributed by atoms with Gasteiger partial charge in [0, 0.05) is 17.0 Å². The topological polar surface area (TPSA) is 20.2 Å². The van der Waals surface area contributed by atoms with Gasteiger partial charge in [-0.2, -0.15) is 30.7 Å². The van der Waals surface area contributed by atoms with Crippen LogP contribution < -0.4 is 0 Å². The van der Waals surface area contributed by atoms with Crippen molar-refractivity contribution in [2.24, 2.45) is 0 Å². The van der Waals surface area contributed by atoms with Crippen LogP contribution in [0.1, 0.15) is 25.7 Å². The van der Waals surface area contributed by atoms with Crippen LogP contribution in [0.3, 0.4) is 0 Å². The second-order valence-corrected chi connectivity index (χ2v) is 5.56. The summed E-state index contributed by atoms with van der Waals surface area (Å²) >= 11 is 1.41. The zero-order valence-electron chi connectivity index (χ0n) is 9.08. The van der Waals surface area contributed by atoms with Gasteiger partial charge < -0.3 is 5.11 Å².